The quantitative estimate of drug-likeness (QED) is 0.679. The highest BCUT2D eigenvalue weighted by Crippen LogP contribution is 2.26. The van der Waals surface area contributed by atoms with Crippen LogP contribution in [0.5, 0.6) is 0 Å². The number of nitrogens with zero attached hydrogens (tertiary/aromatic N) is 3. The molecule has 2 heterocycles. The maximum Gasteiger partial charge on any atom is 0.282 e. The molecule has 1 amide bonds. The molecule has 2 aliphatic rings. The summed E-state index contributed by atoms with van der Waals surface area (Å²) < 4.78 is 35.3. The lowest BCUT2D eigenvalue weighted by Crippen LogP contribution is -2.58. The zero-order valence-electron chi connectivity index (χ0n) is 20.1. The number of nitrogens with one attached hydrogen (secondary N) is 1. The smallest absolute Gasteiger partial charge is 0.282 e. The molecule has 2 aromatic carbocycles. The minimum atomic E-state index is -3.58. The summed E-state index contributed by atoms with van der Waals surface area (Å²) in [6, 6.07) is 16.9. The van der Waals surface area contributed by atoms with Crippen LogP contribution < -0.4 is 5.32 Å². The van der Waals surface area contributed by atoms with Crippen LogP contribution in [0.15, 0.2) is 54.6 Å². The molecular formula is C25H34N4O4S. The van der Waals surface area contributed by atoms with Gasteiger partial charge >= 0.3 is 0 Å². The van der Waals surface area contributed by atoms with Crippen molar-refractivity contribution in [2.24, 2.45) is 0 Å². The second-order valence-electron chi connectivity index (χ2n) is 9.19. The third-order valence-electron chi connectivity index (χ3n) is 6.36. The Hall–Kier alpha value is -2.30. The number of anilines is 1. The predicted molar refractivity (Wildman–Crippen MR) is 133 cm³/mol. The van der Waals surface area contributed by atoms with Crippen LogP contribution >= 0.6 is 0 Å². The number of hydrogen-bond acceptors (Lipinski definition) is 5. The summed E-state index contributed by atoms with van der Waals surface area (Å²) in [6.45, 7) is 8.12. The topological polar surface area (TPSA) is 82.2 Å². The molecule has 0 bridgehead atoms. The fourth-order valence-corrected chi connectivity index (χ4v) is 6.43. The lowest BCUT2D eigenvalue weighted by Gasteiger charge is -2.41. The number of hydrogen-bond donors (Lipinski definition) is 1. The number of carbonyl (C=O) groups excluding carboxylic acids is 1. The Balaban J connectivity index is 1.47. The molecule has 3 atom stereocenters. The fraction of sp³-hybridized carbons (Fsp3) is 0.480. The van der Waals surface area contributed by atoms with Crippen LogP contribution in [-0.4, -0.2) is 79.3 Å². The van der Waals surface area contributed by atoms with Crippen molar-refractivity contribution in [1.82, 2.24) is 13.5 Å². The molecule has 9 heteroatoms. The standard InChI is InChI=1S/C25H34N4O4S/c1-19-9-11-23(12-10-19)26-25(30)24(22-7-5-4-6-8-22)27-13-15-28(16-14-27)34(31,32)29-17-20(2)33-21(3)18-29/h4-12,20-21,24H,13-18H2,1-3H3,(H,26,30). The molecule has 0 aromatic heterocycles. The van der Waals surface area contributed by atoms with Gasteiger partial charge in [0.2, 0.25) is 5.91 Å². The Morgan fingerprint density at radius 2 is 1.50 bits per heavy atom. The predicted octanol–water partition coefficient (Wildman–Crippen LogP) is 2.65. The molecule has 4 rings (SSSR count). The summed E-state index contributed by atoms with van der Waals surface area (Å²) in [5, 5.41) is 3.03. The van der Waals surface area contributed by atoms with Crippen molar-refractivity contribution < 1.29 is 17.9 Å². The van der Waals surface area contributed by atoms with Crippen molar-refractivity contribution in [3.8, 4) is 0 Å². The number of benzene rings is 2. The molecule has 0 radical (unpaired) electrons. The van der Waals surface area contributed by atoms with Crippen LogP contribution in [0.25, 0.3) is 0 Å². The van der Waals surface area contributed by atoms with Gasteiger partial charge in [-0.05, 0) is 38.5 Å². The highest BCUT2D eigenvalue weighted by molar-refractivity contribution is 7.86. The van der Waals surface area contributed by atoms with Crippen LogP contribution in [0.2, 0.25) is 0 Å². The molecule has 3 unspecified atom stereocenters. The Labute approximate surface area is 202 Å². The summed E-state index contributed by atoms with van der Waals surface area (Å²) in [6.07, 6.45) is -0.263. The minimum Gasteiger partial charge on any atom is -0.373 e. The van der Waals surface area contributed by atoms with Crippen molar-refractivity contribution in [3.05, 3.63) is 65.7 Å². The van der Waals surface area contributed by atoms with Gasteiger partial charge in [0.05, 0.1) is 12.2 Å². The van der Waals surface area contributed by atoms with Gasteiger partial charge in [-0.3, -0.25) is 9.69 Å². The van der Waals surface area contributed by atoms with Crippen LogP contribution in [0.1, 0.15) is 31.0 Å². The summed E-state index contributed by atoms with van der Waals surface area (Å²) >= 11 is 0. The average Bonchev–Trinajstić information content (AvgIpc) is 2.81. The van der Waals surface area contributed by atoms with Crippen molar-refractivity contribution >= 4 is 21.8 Å². The van der Waals surface area contributed by atoms with Crippen LogP contribution in [0, 0.1) is 6.92 Å². The molecular weight excluding hydrogens is 452 g/mol. The van der Waals surface area contributed by atoms with Gasteiger partial charge in [0.25, 0.3) is 10.2 Å². The van der Waals surface area contributed by atoms with Crippen LogP contribution in [0.4, 0.5) is 5.69 Å². The Morgan fingerprint density at radius 1 is 0.912 bits per heavy atom. The zero-order chi connectivity index (χ0) is 24.3. The SMILES string of the molecule is Cc1ccc(NC(=O)C(c2ccccc2)N2CCN(S(=O)(=O)N3CC(C)OC(C)C3)CC2)cc1. The average molecular weight is 487 g/mol. The van der Waals surface area contributed by atoms with E-state index in [9.17, 15) is 13.2 Å². The molecule has 8 nitrogen and oxygen atoms in total. The summed E-state index contributed by atoms with van der Waals surface area (Å²) in [5.74, 6) is -0.123. The first-order valence-electron chi connectivity index (χ1n) is 11.8. The number of amides is 1. The molecule has 0 spiro atoms. The number of piperazine rings is 1. The third-order valence-corrected chi connectivity index (χ3v) is 8.33. The molecule has 2 saturated heterocycles. The molecule has 2 aromatic rings. The highest BCUT2D eigenvalue weighted by Gasteiger charge is 2.38. The number of ether oxygens (including phenoxy) is 1. The van der Waals surface area contributed by atoms with Crippen LogP contribution in [-0.2, 0) is 19.7 Å². The summed E-state index contributed by atoms with van der Waals surface area (Å²) in [4.78, 5) is 15.5. The first-order valence-corrected chi connectivity index (χ1v) is 13.2. The highest BCUT2D eigenvalue weighted by atomic mass is 32.2. The van der Waals surface area contributed by atoms with E-state index in [2.05, 4.69) is 10.2 Å². The second-order valence-corrected chi connectivity index (χ2v) is 11.1. The van der Waals surface area contributed by atoms with E-state index in [-0.39, 0.29) is 18.1 Å². The first-order chi connectivity index (χ1) is 16.2. The van der Waals surface area contributed by atoms with E-state index in [0.29, 0.717) is 39.3 Å². The van der Waals surface area contributed by atoms with E-state index >= 15 is 0 Å². The van der Waals surface area contributed by atoms with Crippen molar-refractivity contribution in [3.63, 3.8) is 0 Å². The fourth-order valence-electron chi connectivity index (χ4n) is 4.69. The Morgan fingerprint density at radius 3 is 2.09 bits per heavy atom. The number of aryl methyl sites for hydroxylation is 1. The van der Waals surface area contributed by atoms with Crippen LogP contribution in [0.3, 0.4) is 0 Å². The van der Waals surface area contributed by atoms with Crippen molar-refractivity contribution in [2.75, 3.05) is 44.6 Å². The second kappa shape index (κ2) is 10.5. The lowest BCUT2D eigenvalue weighted by atomic mass is 10.0. The van der Waals surface area contributed by atoms with Crippen molar-refractivity contribution in [2.45, 2.75) is 39.0 Å². The van der Waals surface area contributed by atoms with Gasteiger partial charge in [0, 0.05) is 45.0 Å². The summed E-state index contributed by atoms with van der Waals surface area (Å²) in [7, 11) is -3.58. The molecule has 0 saturated carbocycles. The molecule has 1 N–H and O–H groups in total. The molecule has 34 heavy (non-hydrogen) atoms. The van der Waals surface area contributed by atoms with Gasteiger partial charge in [0.1, 0.15) is 6.04 Å². The summed E-state index contributed by atoms with van der Waals surface area (Å²) in [5.41, 5.74) is 2.76. The lowest BCUT2D eigenvalue weighted by molar-refractivity contribution is -0.122. The van der Waals surface area contributed by atoms with E-state index < -0.39 is 16.3 Å². The minimum absolute atomic E-state index is 0.123. The van der Waals surface area contributed by atoms with E-state index in [0.717, 1.165) is 16.8 Å². The van der Waals surface area contributed by atoms with Gasteiger partial charge < -0.3 is 10.1 Å². The van der Waals surface area contributed by atoms with Crippen molar-refractivity contribution in [1.29, 1.82) is 0 Å². The molecule has 2 fully saturated rings. The van der Waals surface area contributed by atoms with E-state index in [1.807, 2.05) is 75.4 Å². The van der Waals surface area contributed by atoms with Gasteiger partial charge in [-0.25, -0.2) is 0 Å². The maximum absolute atomic E-state index is 13.4. The third kappa shape index (κ3) is 5.67. The monoisotopic (exact) mass is 486 g/mol. The van der Waals surface area contributed by atoms with E-state index in [1.165, 1.54) is 8.61 Å². The van der Waals surface area contributed by atoms with Gasteiger partial charge in [0.15, 0.2) is 0 Å². The van der Waals surface area contributed by atoms with Gasteiger partial charge in [-0.1, -0.05) is 48.0 Å². The maximum atomic E-state index is 13.4. The van der Waals surface area contributed by atoms with Gasteiger partial charge in [-0.2, -0.15) is 17.0 Å². The first kappa shape index (κ1) is 24.8. The van der Waals surface area contributed by atoms with Gasteiger partial charge in [-0.15, -0.1) is 0 Å². The van der Waals surface area contributed by atoms with E-state index in [1.54, 1.807) is 0 Å². The number of carbonyl (C=O) groups is 1. The largest absolute Gasteiger partial charge is 0.373 e. The Bertz CT molecular complexity index is 1060. The zero-order valence-corrected chi connectivity index (χ0v) is 20.9. The van der Waals surface area contributed by atoms with E-state index in [4.69, 9.17) is 4.74 Å². The number of morpholine rings is 1. The normalized spacial score (nSPS) is 24.0. The Kier molecular flexibility index (Phi) is 7.69. The number of rotatable bonds is 6. The molecule has 0 aliphatic carbocycles. The molecule has 2 aliphatic heterocycles. The molecule has 184 valence electrons.